The fourth-order valence-electron chi connectivity index (χ4n) is 2.35. The van der Waals surface area contributed by atoms with E-state index < -0.39 is 0 Å². The Kier molecular flexibility index (Phi) is 3.68. The number of ether oxygens (including phenoxy) is 1. The number of hydrogen-bond donors (Lipinski definition) is 0. The maximum Gasteiger partial charge on any atom is 0.254 e. The summed E-state index contributed by atoms with van der Waals surface area (Å²) in [6.45, 7) is 2.30. The van der Waals surface area contributed by atoms with Crippen LogP contribution in [0, 0.1) is 0 Å². The number of morpholine rings is 1. The maximum atomic E-state index is 12.5. The monoisotopic (exact) mass is 283 g/mol. The normalized spacial score (nSPS) is 14.8. The SMILES string of the molecule is [N-]=[N+]=Nc1ccnc2ccc(C(=O)N3CCOCC3)cc12. The lowest BCUT2D eigenvalue weighted by molar-refractivity contribution is 0.0303. The number of azide groups is 1. The molecule has 1 fully saturated rings. The molecule has 2 heterocycles. The minimum Gasteiger partial charge on any atom is -0.378 e. The largest absolute Gasteiger partial charge is 0.378 e. The number of carbonyl (C=O) groups excluding carboxylic acids is 1. The lowest BCUT2D eigenvalue weighted by Crippen LogP contribution is -2.40. The summed E-state index contributed by atoms with van der Waals surface area (Å²) in [6, 6.07) is 6.86. The first kappa shape index (κ1) is 13.4. The number of carbonyl (C=O) groups is 1. The molecule has 1 aliphatic heterocycles. The van der Waals surface area contributed by atoms with E-state index in [1.165, 1.54) is 0 Å². The van der Waals surface area contributed by atoms with Crippen LogP contribution in [0.4, 0.5) is 5.69 Å². The van der Waals surface area contributed by atoms with Crippen LogP contribution in [0.25, 0.3) is 21.3 Å². The molecule has 3 rings (SSSR count). The Morgan fingerprint density at radius 3 is 2.90 bits per heavy atom. The van der Waals surface area contributed by atoms with Crippen LogP contribution in [0.5, 0.6) is 0 Å². The van der Waals surface area contributed by atoms with Gasteiger partial charge >= 0.3 is 0 Å². The van der Waals surface area contributed by atoms with Gasteiger partial charge in [0, 0.05) is 40.8 Å². The number of aromatic nitrogens is 1. The van der Waals surface area contributed by atoms with Gasteiger partial charge in [0.25, 0.3) is 5.91 Å². The highest BCUT2D eigenvalue weighted by atomic mass is 16.5. The number of nitrogens with zero attached hydrogens (tertiary/aromatic N) is 5. The van der Waals surface area contributed by atoms with Gasteiger partial charge in [0.15, 0.2) is 0 Å². The van der Waals surface area contributed by atoms with Gasteiger partial charge in [-0.2, -0.15) is 0 Å². The van der Waals surface area contributed by atoms with Crippen molar-refractivity contribution in [3.05, 3.63) is 46.5 Å². The van der Waals surface area contributed by atoms with Gasteiger partial charge in [-0.15, -0.1) is 0 Å². The lowest BCUT2D eigenvalue weighted by Gasteiger charge is -2.27. The Bertz CT molecular complexity index is 733. The molecule has 2 aromatic rings. The summed E-state index contributed by atoms with van der Waals surface area (Å²) in [5.74, 6) is -0.0454. The molecular formula is C14H13N5O2. The Balaban J connectivity index is 2.01. The highest BCUT2D eigenvalue weighted by molar-refractivity contribution is 6.00. The van der Waals surface area contributed by atoms with Crippen molar-refractivity contribution in [1.82, 2.24) is 9.88 Å². The zero-order chi connectivity index (χ0) is 14.7. The number of pyridine rings is 1. The van der Waals surface area contributed by atoms with Gasteiger partial charge in [-0.25, -0.2) is 0 Å². The molecule has 0 bridgehead atoms. The average molecular weight is 283 g/mol. The first-order chi connectivity index (χ1) is 10.3. The number of benzene rings is 1. The van der Waals surface area contributed by atoms with Gasteiger partial charge in [-0.1, -0.05) is 5.11 Å². The van der Waals surface area contributed by atoms with E-state index in [-0.39, 0.29) is 5.91 Å². The van der Waals surface area contributed by atoms with Crippen molar-refractivity contribution in [3.8, 4) is 0 Å². The van der Waals surface area contributed by atoms with Crippen molar-refractivity contribution in [3.63, 3.8) is 0 Å². The van der Waals surface area contributed by atoms with Crippen LogP contribution in [0.1, 0.15) is 10.4 Å². The number of hydrogen-bond acceptors (Lipinski definition) is 4. The van der Waals surface area contributed by atoms with Gasteiger partial charge in [0.1, 0.15) is 0 Å². The summed E-state index contributed by atoms with van der Waals surface area (Å²) < 4.78 is 5.25. The molecule has 0 unspecified atom stereocenters. The first-order valence-electron chi connectivity index (χ1n) is 6.60. The van der Waals surface area contributed by atoms with Gasteiger partial charge in [0.2, 0.25) is 0 Å². The first-order valence-corrected chi connectivity index (χ1v) is 6.60. The summed E-state index contributed by atoms with van der Waals surface area (Å²) in [4.78, 5) is 21.2. The zero-order valence-corrected chi connectivity index (χ0v) is 11.3. The Morgan fingerprint density at radius 2 is 2.14 bits per heavy atom. The molecule has 1 aromatic heterocycles. The molecule has 1 aliphatic rings. The number of amides is 1. The van der Waals surface area contributed by atoms with Crippen LogP contribution in [0.15, 0.2) is 35.6 Å². The van der Waals surface area contributed by atoms with Crippen LogP contribution in [0.2, 0.25) is 0 Å². The third-order valence-electron chi connectivity index (χ3n) is 3.42. The molecular weight excluding hydrogens is 270 g/mol. The predicted molar refractivity (Wildman–Crippen MR) is 77.3 cm³/mol. The van der Waals surface area contributed by atoms with Crippen molar-refractivity contribution in [2.24, 2.45) is 5.11 Å². The minimum atomic E-state index is -0.0454. The highest BCUT2D eigenvalue weighted by Gasteiger charge is 2.19. The van der Waals surface area contributed by atoms with Crippen LogP contribution in [-0.4, -0.2) is 42.1 Å². The smallest absolute Gasteiger partial charge is 0.254 e. The Labute approximate surface area is 120 Å². The van der Waals surface area contributed by atoms with Crippen LogP contribution in [-0.2, 0) is 4.74 Å². The molecule has 0 atom stereocenters. The van der Waals surface area contributed by atoms with E-state index in [0.29, 0.717) is 48.5 Å². The number of fused-ring (bicyclic) bond motifs is 1. The van der Waals surface area contributed by atoms with Crippen LogP contribution in [0.3, 0.4) is 0 Å². The fourth-order valence-corrected chi connectivity index (χ4v) is 2.35. The quantitative estimate of drug-likeness (QED) is 0.482. The molecule has 7 nitrogen and oxygen atoms in total. The standard InChI is InChI=1S/C14H13N5O2/c15-18-17-13-3-4-16-12-2-1-10(9-11(12)13)14(20)19-5-7-21-8-6-19/h1-4,9H,5-8H2. The molecule has 0 aliphatic carbocycles. The molecule has 1 aromatic carbocycles. The van der Waals surface area contributed by atoms with E-state index in [0.717, 1.165) is 0 Å². The lowest BCUT2D eigenvalue weighted by atomic mass is 10.1. The summed E-state index contributed by atoms with van der Waals surface area (Å²) in [7, 11) is 0. The Morgan fingerprint density at radius 1 is 1.33 bits per heavy atom. The van der Waals surface area contributed by atoms with E-state index in [1.54, 1.807) is 35.4 Å². The van der Waals surface area contributed by atoms with Crippen molar-refractivity contribution in [1.29, 1.82) is 0 Å². The van der Waals surface area contributed by atoms with E-state index in [2.05, 4.69) is 15.0 Å². The summed E-state index contributed by atoms with van der Waals surface area (Å²) in [6.07, 6.45) is 1.58. The van der Waals surface area contributed by atoms with Crippen molar-refractivity contribution in [2.75, 3.05) is 26.3 Å². The summed E-state index contributed by atoms with van der Waals surface area (Å²) >= 11 is 0. The molecule has 21 heavy (non-hydrogen) atoms. The summed E-state index contributed by atoms with van der Waals surface area (Å²) in [5.41, 5.74) is 10.3. The van der Waals surface area contributed by atoms with E-state index >= 15 is 0 Å². The minimum absolute atomic E-state index is 0.0454. The second-order valence-electron chi connectivity index (χ2n) is 4.66. The third-order valence-corrected chi connectivity index (χ3v) is 3.42. The highest BCUT2D eigenvalue weighted by Crippen LogP contribution is 2.26. The average Bonchev–Trinajstić information content (AvgIpc) is 2.55. The zero-order valence-electron chi connectivity index (χ0n) is 11.3. The van der Waals surface area contributed by atoms with Crippen LogP contribution < -0.4 is 0 Å². The molecule has 0 saturated carbocycles. The third kappa shape index (κ3) is 2.65. The van der Waals surface area contributed by atoms with Gasteiger partial charge in [0.05, 0.1) is 18.7 Å². The van der Waals surface area contributed by atoms with Crippen molar-refractivity contribution < 1.29 is 9.53 Å². The summed E-state index contributed by atoms with van der Waals surface area (Å²) in [5, 5.41) is 4.32. The number of rotatable bonds is 2. The van der Waals surface area contributed by atoms with Crippen LogP contribution >= 0.6 is 0 Å². The Hall–Kier alpha value is -2.63. The molecule has 1 amide bonds. The molecule has 106 valence electrons. The second-order valence-corrected chi connectivity index (χ2v) is 4.66. The van der Waals surface area contributed by atoms with E-state index in [9.17, 15) is 4.79 Å². The van der Waals surface area contributed by atoms with Crippen molar-refractivity contribution >= 4 is 22.5 Å². The second kappa shape index (κ2) is 5.78. The van der Waals surface area contributed by atoms with Gasteiger partial charge < -0.3 is 9.64 Å². The molecule has 0 spiro atoms. The fraction of sp³-hybridized carbons (Fsp3) is 0.286. The molecule has 1 saturated heterocycles. The topological polar surface area (TPSA) is 91.2 Å². The van der Waals surface area contributed by atoms with Crippen molar-refractivity contribution in [2.45, 2.75) is 0 Å². The van der Waals surface area contributed by atoms with E-state index in [4.69, 9.17) is 10.3 Å². The van der Waals surface area contributed by atoms with Gasteiger partial charge in [-0.3, -0.25) is 9.78 Å². The molecule has 7 heteroatoms. The maximum absolute atomic E-state index is 12.5. The van der Waals surface area contributed by atoms with Gasteiger partial charge in [-0.05, 0) is 29.8 Å². The molecule has 0 N–H and O–H groups in total. The van der Waals surface area contributed by atoms with E-state index in [1.807, 2.05) is 0 Å². The molecule has 0 radical (unpaired) electrons. The predicted octanol–water partition coefficient (Wildman–Crippen LogP) is 2.65.